The zero-order valence-corrected chi connectivity index (χ0v) is 8.85. The molecule has 2 aliphatic carbocycles. The van der Waals surface area contributed by atoms with Crippen molar-refractivity contribution < 1.29 is 4.79 Å². The molecule has 0 saturated heterocycles. The topological polar surface area (TPSA) is 41.5 Å². The standard InChI is InChI=1S/C10H14N2OS/c13-9-5-14-10(12-9)11-8-4-6-1-2-7(8)3-6/h6-8H,1-5H2,(H,11,12,13)/t6-,7?,8?/m1/s1. The molecular weight excluding hydrogens is 196 g/mol. The number of carbonyl (C=O) groups excluding carboxylic acids is 1. The molecule has 2 unspecified atom stereocenters. The van der Waals surface area contributed by atoms with Gasteiger partial charge in [0.05, 0.1) is 5.75 Å². The Morgan fingerprint density at radius 1 is 1.36 bits per heavy atom. The zero-order chi connectivity index (χ0) is 9.54. The van der Waals surface area contributed by atoms with Crippen molar-refractivity contribution in [1.82, 2.24) is 5.32 Å². The van der Waals surface area contributed by atoms with Gasteiger partial charge < -0.3 is 5.32 Å². The number of rotatable bonds is 1. The van der Waals surface area contributed by atoms with Crippen molar-refractivity contribution in [3.63, 3.8) is 0 Å². The SMILES string of the molecule is O=C1CSC(NC2C[C@@H]3CCC2C3)=N1. The van der Waals surface area contributed by atoms with Crippen LogP contribution in [-0.4, -0.2) is 22.9 Å². The fourth-order valence-corrected chi connectivity index (χ4v) is 3.69. The van der Waals surface area contributed by atoms with Crippen LogP contribution in [-0.2, 0) is 4.79 Å². The van der Waals surface area contributed by atoms with Crippen molar-refractivity contribution in [3.05, 3.63) is 0 Å². The second kappa shape index (κ2) is 3.26. The maximum atomic E-state index is 10.9. The van der Waals surface area contributed by atoms with Gasteiger partial charge in [-0.25, -0.2) is 0 Å². The molecule has 0 radical (unpaired) electrons. The Kier molecular flexibility index (Phi) is 2.04. The first-order valence-corrected chi connectivity index (χ1v) is 6.30. The smallest absolute Gasteiger partial charge is 0.258 e. The normalized spacial score (nSPS) is 40.4. The maximum Gasteiger partial charge on any atom is 0.258 e. The summed E-state index contributed by atoms with van der Waals surface area (Å²) in [6, 6.07) is 0.603. The average Bonchev–Trinajstić information content (AvgIpc) is 2.82. The summed E-state index contributed by atoms with van der Waals surface area (Å²) in [4.78, 5) is 14.9. The minimum absolute atomic E-state index is 0.0145. The van der Waals surface area contributed by atoms with E-state index >= 15 is 0 Å². The van der Waals surface area contributed by atoms with E-state index in [1.165, 1.54) is 25.7 Å². The Morgan fingerprint density at radius 3 is 2.86 bits per heavy atom. The molecule has 3 rings (SSSR count). The minimum Gasteiger partial charge on any atom is -0.361 e. The lowest BCUT2D eigenvalue weighted by molar-refractivity contribution is -0.115. The molecule has 0 aromatic heterocycles. The summed E-state index contributed by atoms with van der Waals surface area (Å²) in [6.45, 7) is 0. The summed E-state index contributed by atoms with van der Waals surface area (Å²) >= 11 is 1.55. The average molecular weight is 210 g/mol. The molecule has 3 nitrogen and oxygen atoms in total. The molecule has 1 aliphatic heterocycles. The Labute approximate surface area is 87.7 Å². The monoisotopic (exact) mass is 210 g/mol. The van der Waals surface area contributed by atoms with Crippen LogP contribution >= 0.6 is 11.8 Å². The predicted molar refractivity (Wildman–Crippen MR) is 57.3 cm³/mol. The van der Waals surface area contributed by atoms with E-state index in [1.807, 2.05) is 0 Å². The van der Waals surface area contributed by atoms with Gasteiger partial charge in [0.2, 0.25) is 0 Å². The van der Waals surface area contributed by atoms with Crippen LogP contribution in [0.1, 0.15) is 25.7 Å². The van der Waals surface area contributed by atoms with Crippen molar-refractivity contribution in [2.75, 3.05) is 5.75 Å². The molecule has 1 heterocycles. The van der Waals surface area contributed by atoms with Gasteiger partial charge in [0.25, 0.3) is 5.91 Å². The third-order valence-corrected chi connectivity index (χ3v) is 4.48. The van der Waals surface area contributed by atoms with Crippen LogP contribution in [0.4, 0.5) is 0 Å². The first-order valence-electron chi connectivity index (χ1n) is 5.32. The van der Waals surface area contributed by atoms with E-state index in [9.17, 15) is 4.79 Å². The number of hydrogen-bond donors (Lipinski definition) is 1. The van der Waals surface area contributed by atoms with E-state index in [1.54, 1.807) is 11.8 Å². The zero-order valence-electron chi connectivity index (χ0n) is 8.03. The summed E-state index contributed by atoms with van der Waals surface area (Å²) in [5, 5.41) is 4.30. The van der Waals surface area contributed by atoms with Gasteiger partial charge in [-0.3, -0.25) is 4.79 Å². The van der Waals surface area contributed by atoms with E-state index < -0.39 is 0 Å². The number of carbonyl (C=O) groups is 1. The molecule has 0 aromatic carbocycles. The minimum atomic E-state index is 0.0145. The van der Waals surface area contributed by atoms with Crippen molar-refractivity contribution >= 4 is 22.8 Å². The molecule has 2 fully saturated rings. The van der Waals surface area contributed by atoms with E-state index in [0.29, 0.717) is 11.8 Å². The first kappa shape index (κ1) is 8.77. The number of aliphatic imine (C=N–C) groups is 1. The summed E-state index contributed by atoms with van der Waals surface area (Å²) in [6.07, 6.45) is 5.47. The number of hydrogen-bond acceptors (Lipinski definition) is 3. The van der Waals surface area contributed by atoms with Gasteiger partial charge >= 0.3 is 0 Å². The molecule has 3 atom stereocenters. The van der Waals surface area contributed by atoms with Crippen molar-refractivity contribution in [2.24, 2.45) is 16.8 Å². The van der Waals surface area contributed by atoms with E-state index in [2.05, 4.69) is 10.3 Å². The van der Waals surface area contributed by atoms with Crippen LogP contribution in [0, 0.1) is 11.8 Å². The lowest BCUT2D eigenvalue weighted by Crippen LogP contribution is -2.36. The Hall–Kier alpha value is -0.510. The van der Waals surface area contributed by atoms with Crippen LogP contribution in [0.25, 0.3) is 0 Å². The van der Waals surface area contributed by atoms with Gasteiger partial charge in [0, 0.05) is 6.04 Å². The Morgan fingerprint density at radius 2 is 2.29 bits per heavy atom. The van der Waals surface area contributed by atoms with Crippen LogP contribution in [0.2, 0.25) is 0 Å². The summed E-state index contributed by atoms with van der Waals surface area (Å²) < 4.78 is 0. The van der Waals surface area contributed by atoms with Crippen LogP contribution in [0.3, 0.4) is 0 Å². The van der Waals surface area contributed by atoms with Gasteiger partial charge in [0.1, 0.15) is 0 Å². The molecule has 0 spiro atoms. The molecule has 1 N–H and O–H groups in total. The number of amides is 1. The third-order valence-electron chi connectivity index (χ3n) is 3.61. The highest BCUT2D eigenvalue weighted by Crippen LogP contribution is 2.44. The van der Waals surface area contributed by atoms with E-state index in [-0.39, 0.29) is 5.91 Å². The molecule has 4 heteroatoms. The number of thioether (sulfide) groups is 1. The molecule has 3 aliphatic rings. The summed E-state index contributed by atoms with van der Waals surface area (Å²) in [5.74, 6) is 2.34. The Bertz CT molecular complexity index is 302. The van der Waals surface area contributed by atoms with Crippen LogP contribution < -0.4 is 5.32 Å². The van der Waals surface area contributed by atoms with Crippen molar-refractivity contribution in [2.45, 2.75) is 31.7 Å². The molecule has 0 aromatic rings. The quantitative estimate of drug-likeness (QED) is 0.711. The molecule has 76 valence electrons. The van der Waals surface area contributed by atoms with Gasteiger partial charge in [0.15, 0.2) is 5.17 Å². The van der Waals surface area contributed by atoms with Crippen LogP contribution in [0.5, 0.6) is 0 Å². The van der Waals surface area contributed by atoms with E-state index in [4.69, 9.17) is 0 Å². The molecule has 2 saturated carbocycles. The predicted octanol–water partition coefficient (Wildman–Crippen LogP) is 1.39. The highest BCUT2D eigenvalue weighted by Gasteiger charge is 2.40. The second-order valence-electron chi connectivity index (χ2n) is 4.53. The van der Waals surface area contributed by atoms with Gasteiger partial charge in [-0.2, -0.15) is 4.99 Å². The number of fused-ring (bicyclic) bond motifs is 2. The van der Waals surface area contributed by atoms with Crippen molar-refractivity contribution in [3.8, 4) is 0 Å². The molecule has 2 bridgehead atoms. The van der Waals surface area contributed by atoms with Gasteiger partial charge in [-0.15, -0.1) is 0 Å². The first-order chi connectivity index (χ1) is 6.81. The highest BCUT2D eigenvalue weighted by molar-refractivity contribution is 8.14. The molecular formula is C10H14N2OS. The number of nitrogens with zero attached hydrogens (tertiary/aromatic N) is 1. The largest absolute Gasteiger partial charge is 0.361 e. The lowest BCUT2D eigenvalue weighted by atomic mass is 9.96. The highest BCUT2D eigenvalue weighted by atomic mass is 32.2. The molecule has 14 heavy (non-hydrogen) atoms. The number of nitrogens with one attached hydrogen (secondary N) is 1. The van der Waals surface area contributed by atoms with E-state index in [0.717, 1.165) is 17.0 Å². The Balaban J connectivity index is 1.63. The maximum absolute atomic E-state index is 10.9. The van der Waals surface area contributed by atoms with Gasteiger partial charge in [-0.05, 0) is 31.1 Å². The summed E-state index contributed by atoms with van der Waals surface area (Å²) in [5.41, 5.74) is 0. The molecule has 1 amide bonds. The van der Waals surface area contributed by atoms with Crippen LogP contribution in [0.15, 0.2) is 4.99 Å². The fraction of sp³-hybridized carbons (Fsp3) is 0.800. The van der Waals surface area contributed by atoms with Crippen molar-refractivity contribution in [1.29, 1.82) is 0 Å². The lowest BCUT2D eigenvalue weighted by Gasteiger charge is -2.23. The fourth-order valence-electron chi connectivity index (χ4n) is 2.96. The summed E-state index contributed by atoms with van der Waals surface area (Å²) in [7, 11) is 0. The number of amidine groups is 1. The van der Waals surface area contributed by atoms with Gasteiger partial charge in [-0.1, -0.05) is 18.2 Å². The second-order valence-corrected chi connectivity index (χ2v) is 5.49. The third kappa shape index (κ3) is 1.45.